The molecular weight excluding hydrogens is 168 g/mol. The van der Waals surface area contributed by atoms with E-state index >= 15 is 0 Å². The van der Waals surface area contributed by atoms with Gasteiger partial charge in [0.1, 0.15) is 12.7 Å². The molecule has 0 unspecified atom stereocenters. The molecule has 1 rings (SSSR count). The zero-order chi connectivity index (χ0) is 9.52. The lowest BCUT2D eigenvalue weighted by Crippen LogP contribution is -2.00. The molecule has 0 saturated heterocycles. The molecule has 0 heterocycles. The number of carbonyl (C=O) groups is 1. The number of benzene rings is 1. The zero-order valence-corrected chi connectivity index (χ0v) is 6.86. The van der Waals surface area contributed by atoms with Gasteiger partial charge in [-0.25, -0.2) is 4.79 Å². The lowest BCUT2D eigenvalue weighted by molar-refractivity contribution is 0.0690. The summed E-state index contributed by atoms with van der Waals surface area (Å²) in [5.41, 5.74) is 0.440. The molecule has 0 radical (unpaired) electrons. The Bertz CT molecular complexity index is 332. The molecule has 0 bridgehead atoms. The van der Waals surface area contributed by atoms with E-state index < -0.39 is 5.97 Å². The molecule has 1 aromatic carbocycles. The van der Waals surface area contributed by atoms with Crippen LogP contribution in [0.15, 0.2) is 30.3 Å². The normalized spacial score (nSPS) is 8.38. The fourth-order valence-corrected chi connectivity index (χ4v) is 0.748. The number of esters is 1. The van der Waals surface area contributed by atoms with Gasteiger partial charge in [0.05, 0.1) is 5.56 Å². The third-order valence-corrected chi connectivity index (χ3v) is 1.30. The second-order valence-electron chi connectivity index (χ2n) is 2.19. The van der Waals surface area contributed by atoms with Crippen molar-refractivity contribution in [1.29, 1.82) is 0 Å². The summed E-state index contributed by atoms with van der Waals surface area (Å²) >= 11 is 0. The average Bonchev–Trinajstić information content (AvgIpc) is 2.19. The zero-order valence-electron chi connectivity index (χ0n) is 6.86. The Morgan fingerprint density at radius 1 is 1.38 bits per heavy atom. The van der Waals surface area contributed by atoms with Gasteiger partial charge < -0.3 is 9.84 Å². The highest BCUT2D eigenvalue weighted by molar-refractivity contribution is 5.89. The van der Waals surface area contributed by atoms with E-state index in [1.54, 1.807) is 30.3 Å². The standard InChI is InChI=1S/C10H8O3/c11-7-4-8-13-10(12)9-5-2-1-3-6-9/h1-3,5-6,11H,7H2. The lowest BCUT2D eigenvalue weighted by atomic mass is 10.2. The monoisotopic (exact) mass is 176 g/mol. The van der Waals surface area contributed by atoms with Gasteiger partial charge in [0.25, 0.3) is 0 Å². The highest BCUT2D eigenvalue weighted by Gasteiger charge is 2.03. The summed E-state index contributed by atoms with van der Waals surface area (Å²) in [6.45, 7) is -0.317. The topological polar surface area (TPSA) is 46.5 Å². The SMILES string of the molecule is O=C(OC#CCO)c1ccccc1. The number of hydrogen-bond donors (Lipinski definition) is 1. The molecule has 0 atom stereocenters. The smallest absolute Gasteiger partial charge is 0.352 e. The van der Waals surface area contributed by atoms with Gasteiger partial charge in [0.15, 0.2) is 0 Å². The van der Waals surface area contributed by atoms with Crippen LogP contribution in [0.4, 0.5) is 0 Å². The fraction of sp³-hybridized carbons (Fsp3) is 0.100. The fourth-order valence-electron chi connectivity index (χ4n) is 0.748. The maximum Gasteiger partial charge on any atom is 0.352 e. The van der Waals surface area contributed by atoms with Crippen molar-refractivity contribution in [2.75, 3.05) is 6.61 Å². The molecule has 0 saturated carbocycles. The van der Waals surface area contributed by atoms with Gasteiger partial charge in [-0.3, -0.25) is 0 Å². The molecule has 0 aromatic heterocycles. The average molecular weight is 176 g/mol. The van der Waals surface area contributed by atoms with Crippen LogP contribution in [-0.2, 0) is 4.74 Å². The van der Waals surface area contributed by atoms with Crippen molar-refractivity contribution in [3.63, 3.8) is 0 Å². The van der Waals surface area contributed by atoms with Crippen LogP contribution < -0.4 is 0 Å². The molecule has 0 aliphatic carbocycles. The number of aliphatic hydroxyl groups is 1. The van der Waals surface area contributed by atoms with Crippen LogP contribution in [0, 0.1) is 12.0 Å². The molecule has 0 aliphatic heterocycles. The molecule has 1 aromatic rings. The molecule has 66 valence electrons. The van der Waals surface area contributed by atoms with Crippen molar-refractivity contribution in [2.24, 2.45) is 0 Å². The van der Waals surface area contributed by atoms with E-state index in [4.69, 9.17) is 5.11 Å². The number of carbonyl (C=O) groups excluding carboxylic acids is 1. The Hall–Kier alpha value is -1.79. The molecule has 0 fully saturated rings. The first-order valence-corrected chi connectivity index (χ1v) is 3.69. The van der Waals surface area contributed by atoms with E-state index in [0.29, 0.717) is 5.56 Å². The maximum atomic E-state index is 11.1. The number of ether oxygens (including phenoxy) is 1. The predicted octanol–water partition coefficient (Wildman–Crippen LogP) is 0.797. The molecule has 0 spiro atoms. The third-order valence-electron chi connectivity index (χ3n) is 1.30. The summed E-state index contributed by atoms with van der Waals surface area (Å²) in [5.74, 6) is 1.70. The molecule has 13 heavy (non-hydrogen) atoms. The summed E-state index contributed by atoms with van der Waals surface area (Å²) in [5, 5.41) is 8.28. The van der Waals surface area contributed by atoms with Gasteiger partial charge in [0, 0.05) is 0 Å². The van der Waals surface area contributed by atoms with Crippen molar-refractivity contribution in [3.8, 4) is 12.0 Å². The number of hydrogen-bond acceptors (Lipinski definition) is 3. The van der Waals surface area contributed by atoms with E-state index in [1.165, 1.54) is 0 Å². The minimum absolute atomic E-state index is 0.317. The number of rotatable bonds is 1. The van der Waals surface area contributed by atoms with Gasteiger partial charge in [0.2, 0.25) is 0 Å². The first-order valence-electron chi connectivity index (χ1n) is 3.69. The van der Waals surface area contributed by atoms with E-state index in [0.717, 1.165) is 0 Å². The summed E-state index contributed by atoms with van der Waals surface area (Å²) in [4.78, 5) is 11.1. The number of aliphatic hydroxyl groups excluding tert-OH is 1. The minimum atomic E-state index is -0.512. The molecule has 0 amide bonds. The van der Waals surface area contributed by atoms with Crippen molar-refractivity contribution >= 4 is 5.97 Å². The van der Waals surface area contributed by atoms with Crippen LogP contribution in [0.2, 0.25) is 0 Å². The lowest BCUT2D eigenvalue weighted by Gasteiger charge is -1.94. The second kappa shape index (κ2) is 4.96. The van der Waals surface area contributed by atoms with Gasteiger partial charge in [-0.1, -0.05) is 18.2 Å². The van der Waals surface area contributed by atoms with Crippen LogP contribution in [0.25, 0.3) is 0 Å². The highest BCUT2D eigenvalue weighted by Crippen LogP contribution is 1.99. The third kappa shape index (κ3) is 2.97. The summed E-state index contributed by atoms with van der Waals surface area (Å²) < 4.78 is 4.51. The highest BCUT2D eigenvalue weighted by atomic mass is 16.5. The van der Waals surface area contributed by atoms with Gasteiger partial charge >= 0.3 is 5.97 Å². The van der Waals surface area contributed by atoms with Crippen molar-refractivity contribution in [3.05, 3.63) is 35.9 Å². The van der Waals surface area contributed by atoms with Crippen LogP contribution >= 0.6 is 0 Å². The first-order chi connectivity index (χ1) is 6.34. The molecule has 1 N–H and O–H groups in total. The van der Waals surface area contributed by atoms with Crippen LogP contribution in [0.5, 0.6) is 0 Å². The summed E-state index contributed by atoms with van der Waals surface area (Å²) in [6.07, 6.45) is 2.08. The van der Waals surface area contributed by atoms with Crippen molar-refractivity contribution in [1.82, 2.24) is 0 Å². The quantitative estimate of drug-likeness (QED) is 0.508. The Morgan fingerprint density at radius 3 is 2.69 bits per heavy atom. The van der Waals surface area contributed by atoms with E-state index in [9.17, 15) is 4.79 Å². The largest absolute Gasteiger partial charge is 0.384 e. The summed E-state index contributed by atoms with van der Waals surface area (Å²) in [6, 6.07) is 8.52. The van der Waals surface area contributed by atoms with E-state index in [-0.39, 0.29) is 6.61 Å². The molecule has 3 heteroatoms. The van der Waals surface area contributed by atoms with Gasteiger partial charge in [-0.05, 0) is 18.1 Å². The van der Waals surface area contributed by atoms with Crippen LogP contribution in [0.1, 0.15) is 10.4 Å². The van der Waals surface area contributed by atoms with Crippen LogP contribution in [-0.4, -0.2) is 17.7 Å². The van der Waals surface area contributed by atoms with Gasteiger partial charge in [-0.15, -0.1) is 0 Å². The Kier molecular flexibility index (Phi) is 3.55. The molecule has 0 aliphatic rings. The molecule has 3 nitrogen and oxygen atoms in total. The second-order valence-corrected chi connectivity index (χ2v) is 2.19. The molecular formula is C10H8O3. The maximum absolute atomic E-state index is 11.1. The van der Waals surface area contributed by atoms with Gasteiger partial charge in [-0.2, -0.15) is 0 Å². The Morgan fingerprint density at radius 2 is 2.08 bits per heavy atom. The van der Waals surface area contributed by atoms with E-state index in [1.807, 2.05) is 0 Å². The van der Waals surface area contributed by atoms with Crippen molar-refractivity contribution < 1.29 is 14.6 Å². The predicted molar refractivity (Wildman–Crippen MR) is 46.7 cm³/mol. The summed E-state index contributed by atoms with van der Waals surface area (Å²) in [7, 11) is 0. The van der Waals surface area contributed by atoms with Crippen LogP contribution in [0.3, 0.4) is 0 Å². The first kappa shape index (κ1) is 9.30. The van der Waals surface area contributed by atoms with Crippen molar-refractivity contribution in [2.45, 2.75) is 0 Å². The Balaban J connectivity index is 2.60. The minimum Gasteiger partial charge on any atom is -0.384 e. The Labute approximate surface area is 76.0 Å². The van der Waals surface area contributed by atoms with E-state index in [2.05, 4.69) is 16.8 Å².